The van der Waals surface area contributed by atoms with E-state index in [4.69, 9.17) is 10.5 Å². The molecule has 1 aliphatic heterocycles. The number of likely N-dealkylation sites (tertiary alicyclic amines) is 1. The summed E-state index contributed by atoms with van der Waals surface area (Å²) in [6.45, 7) is 1.71. The molecule has 3 nitrogen and oxygen atoms in total. The van der Waals surface area contributed by atoms with Crippen molar-refractivity contribution in [2.45, 2.75) is 12.5 Å². The summed E-state index contributed by atoms with van der Waals surface area (Å²) in [4.78, 5) is 2.27. The van der Waals surface area contributed by atoms with Crippen molar-refractivity contribution in [3.05, 3.63) is 29.6 Å². The van der Waals surface area contributed by atoms with E-state index < -0.39 is 0 Å². The summed E-state index contributed by atoms with van der Waals surface area (Å²) in [6, 6.07) is 5.41. The Kier molecular flexibility index (Phi) is 3.64. The highest BCUT2D eigenvalue weighted by molar-refractivity contribution is 5.32. The summed E-state index contributed by atoms with van der Waals surface area (Å²) in [5, 5.41) is 0. The van der Waals surface area contributed by atoms with Gasteiger partial charge in [0.05, 0.1) is 7.11 Å². The van der Waals surface area contributed by atoms with Crippen LogP contribution in [0.2, 0.25) is 0 Å². The van der Waals surface area contributed by atoms with Crippen LogP contribution in [-0.4, -0.2) is 32.1 Å². The lowest BCUT2D eigenvalue weighted by Gasteiger charge is -2.20. The van der Waals surface area contributed by atoms with Gasteiger partial charge in [-0.1, -0.05) is 6.07 Å². The van der Waals surface area contributed by atoms with Gasteiger partial charge in [0.1, 0.15) is 0 Å². The van der Waals surface area contributed by atoms with Crippen molar-refractivity contribution in [3.8, 4) is 5.75 Å². The lowest BCUT2D eigenvalue weighted by atomic mass is 9.99. The van der Waals surface area contributed by atoms with Gasteiger partial charge in [-0.3, -0.25) is 4.90 Å². The monoisotopic (exact) mass is 238 g/mol. The normalized spacial score (nSPS) is 25.2. The number of benzene rings is 1. The smallest absolute Gasteiger partial charge is 0.165 e. The molecule has 1 saturated heterocycles. The van der Waals surface area contributed by atoms with E-state index in [1.165, 1.54) is 13.2 Å². The van der Waals surface area contributed by atoms with Gasteiger partial charge in [-0.05, 0) is 43.6 Å². The molecule has 0 aliphatic carbocycles. The second-order valence-corrected chi connectivity index (χ2v) is 4.69. The molecule has 0 amide bonds. The Bertz CT molecular complexity index is 397. The molecule has 0 saturated carbocycles. The van der Waals surface area contributed by atoms with Crippen LogP contribution in [0.1, 0.15) is 18.0 Å². The van der Waals surface area contributed by atoms with Crippen LogP contribution in [0.25, 0.3) is 0 Å². The zero-order valence-electron chi connectivity index (χ0n) is 10.3. The van der Waals surface area contributed by atoms with Crippen LogP contribution in [0.3, 0.4) is 0 Å². The third-order valence-corrected chi connectivity index (χ3v) is 3.53. The molecule has 0 radical (unpaired) electrons. The summed E-state index contributed by atoms with van der Waals surface area (Å²) in [5.41, 5.74) is 6.80. The molecule has 1 aromatic carbocycles. The molecular formula is C13H19FN2O. The zero-order chi connectivity index (χ0) is 12.4. The van der Waals surface area contributed by atoms with Gasteiger partial charge >= 0.3 is 0 Å². The van der Waals surface area contributed by atoms with E-state index in [-0.39, 0.29) is 5.82 Å². The average molecular weight is 238 g/mol. The summed E-state index contributed by atoms with van der Waals surface area (Å²) in [5.74, 6) is 0.528. The Morgan fingerprint density at radius 1 is 1.53 bits per heavy atom. The van der Waals surface area contributed by atoms with Crippen molar-refractivity contribution in [1.29, 1.82) is 0 Å². The van der Waals surface area contributed by atoms with Gasteiger partial charge < -0.3 is 10.5 Å². The maximum atomic E-state index is 13.3. The molecule has 1 aliphatic rings. The number of ether oxygens (including phenoxy) is 1. The lowest BCUT2D eigenvalue weighted by molar-refractivity contribution is 0.311. The fourth-order valence-corrected chi connectivity index (χ4v) is 2.55. The highest BCUT2D eigenvalue weighted by Gasteiger charge is 2.30. The number of nitrogens with two attached hydrogens (primary N) is 1. The van der Waals surface area contributed by atoms with E-state index >= 15 is 0 Å². The van der Waals surface area contributed by atoms with Gasteiger partial charge in [0.25, 0.3) is 0 Å². The van der Waals surface area contributed by atoms with Gasteiger partial charge in [0.15, 0.2) is 11.6 Å². The van der Waals surface area contributed by atoms with Crippen molar-refractivity contribution in [2.75, 3.05) is 27.2 Å². The van der Waals surface area contributed by atoms with Crippen LogP contribution in [-0.2, 0) is 0 Å². The van der Waals surface area contributed by atoms with Gasteiger partial charge in [0, 0.05) is 12.6 Å². The number of methoxy groups -OCH3 is 1. The molecule has 1 aromatic rings. The molecule has 0 aromatic heterocycles. The Labute approximate surface area is 101 Å². The van der Waals surface area contributed by atoms with E-state index in [0.717, 1.165) is 18.5 Å². The van der Waals surface area contributed by atoms with Crippen molar-refractivity contribution >= 4 is 0 Å². The number of hydrogen-bond acceptors (Lipinski definition) is 3. The Morgan fingerprint density at radius 3 is 2.88 bits per heavy atom. The minimum absolute atomic E-state index is 0.312. The van der Waals surface area contributed by atoms with E-state index in [2.05, 4.69) is 11.9 Å². The first-order valence-corrected chi connectivity index (χ1v) is 5.89. The van der Waals surface area contributed by atoms with E-state index in [0.29, 0.717) is 24.3 Å². The van der Waals surface area contributed by atoms with Gasteiger partial charge in [-0.25, -0.2) is 4.39 Å². The average Bonchev–Trinajstić information content (AvgIpc) is 2.71. The molecule has 1 fully saturated rings. The Hall–Kier alpha value is -1.13. The molecule has 2 atom stereocenters. The highest BCUT2D eigenvalue weighted by Crippen LogP contribution is 2.35. The van der Waals surface area contributed by atoms with E-state index in [9.17, 15) is 4.39 Å². The third kappa shape index (κ3) is 2.42. The van der Waals surface area contributed by atoms with Crippen LogP contribution < -0.4 is 10.5 Å². The number of hydrogen-bond donors (Lipinski definition) is 1. The first-order chi connectivity index (χ1) is 8.15. The minimum Gasteiger partial charge on any atom is -0.494 e. The summed E-state index contributed by atoms with van der Waals surface area (Å²) >= 11 is 0. The van der Waals surface area contributed by atoms with Crippen LogP contribution in [0, 0.1) is 11.7 Å². The topological polar surface area (TPSA) is 38.5 Å². The predicted octanol–water partition coefficient (Wildman–Crippen LogP) is 1.79. The molecule has 0 spiro atoms. The van der Waals surface area contributed by atoms with Gasteiger partial charge in [0.2, 0.25) is 0 Å². The third-order valence-electron chi connectivity index (χ3n) is 3.53. The molecule has 2 rings (SSSR count). The molecule has 1 heterocycles. The Morgan fingerprint density at radius 2 is 2.29 bits per heavy atom. The quantitative estimate of drug-likeness (QED) is 0.872. The lowest BCUT2D eigenvalue weighted by Crippen LogP contribution is -2.20. The molecule has 94 valence electrons. The molecule has 17 heavy (non-hydrogen) atoms. The van der Waals surface area contributed by atoms with Crippen LogP contribution in [0.5, 0.6) is 5.75 Å². The van der Waals surface area contributed by atoms with Gasteiger partial charge in [-0.15, -0.1) is 0 Å². The maximum Gasteiger partial charge on any atom is 0.165 e. The fourth-order valence-electron chi connectivity index (χ4n) is 2.55. The minimum atomic E-state index is -0.313. The summed E-state index contributed by atoms with van der Waals surface area (Å²) < 4.78 is 18.4. The summed E-state index contributed by atoms with van der Waals surface area (Å²) in [6.07, 6.45) is 1.03. The summed E-state index contributed by atoms with van der Waals surface area (Å²) in [7, 11) is 3.57. The molecule has 2 N–H and O–H groups in total. The first-order valence-electron chi connectivity index (χ1n) is 5.89. The van der Waals surface area contributed by atoms with Crippen molar-refractivity contribution in [3.63, 3.8) is 0 Å². The van der Waals surface area contributed by atoms with E-state index in [1.54, 1.807) is 6.07 Å². The number of nitrogens with zero attached hydrogens (tertiary/aromatic N) is 1. The molecule has 2 unspecified atom stereocenters. The molecule has 0 bridgehead atoms. The van der Waals surface area contributed by atoms with Gasteiger partial charge in [-0.2, -0.15) is 0 Å². The van der Waals surface area contributed by atoms with Crippen molar-refractivity contribution in [2.24, 2.45) is 11.7 Å². The molecular weight excluding hydrogens is 219 g/mol. The second kappa shape index (κ2) is 5.02. The highest BCUT2D eigenvalue weighted by atomic mass is 19.1. The van der Waals surface area contributed by atoms with E-state index in [1.807, 2.05) is 6.07 Å². The predicted molar refractivity (Wildman–Crippen MR) is 65.5 cm³/mol. The largest absolute Gasteiger partial charge is 0.494 e. The van der Waals surface area contributed by atoms with Crippen LogP contribution in [0.15, 0.2) is 18.2 Å². The second-order valence-electron chi connectivity index (χ2n) is 4.69. The standard InChI is InChI=1S/C13H19FN2O/c1-16-8-9(7-15)5-12(16)10-3-4-11(14)13(6-10)17-2/h3-4,6,9,12H,5,7-8,15H2,1-2H3. The zero-order valence-corrected chi connectivity index (χ0v) is 10.3. The number of rotatable bonds is 3. The van der Waals surface area contributed by atoms with Crippen LogP contribution >= 0.6 is 0 Å². The Balaban J connectivity index is 2.22. The van der Waals surface area contributed by atoms with Crippen molar-refractivity contribution in [1.82, 2.24) is 4.90 Å². The fraction of sp³-hybridized carbons (Fsp3) is 0.538. The van der Waals surface area contributed by atoms with Crippen LogP contribution in [0.4, 0.5) is 4.39 Å². The first kappa shape index (κ1) is 12.3. The van der Waals surface area contributed by atoms with Crippen molar-refractivity contribution < 1.29 is 9.13 Å². The SMILES string of the molecule is COc1cc(C2CC(CN)CN2C)ccc1F. The number of halogens is 1. The molecule has 4 heteroatoms. The maximum absolute atomic E-state index is 13.3.